The Morgan fingerprint density at radius 1 is 0.597 bits per heavy atom. The molecule has 2 aliphatic carbocycles. The average molecular weight is 1010 g/mol. The molecule has 4 atom stereocenters. The van der Waals surface area contributed by atoms with Crippen molar-refractivity contribution in [2.45, 2.75) is 180 Å². The van der Waals surface area contributed by atoms with Gasteiger partial charge in [-0.25, -0.2) is 9.97 Å². The summed E-state index contributed by atoms with van der Waals surface area (Å²) in [5, 5.41) is 0.798. The number of hydrogen-bond donors (Lipinski definition) is 0. The molecule has 0 radical (unpaired) electrons. The monoisotopic (exact) mass is 1010 g/mol. The van der Waals surface area contributed by atoms with Gasteiger partial charge in [-0.3, -0.25) is 0 Å². The molecule has 0 spiro atoms. The standard InChI is InChI=1S/C65H78N4S3/c1-9-11-13-15-17-25-39-65(40-26-18-16-14-12-10-2)49-41-45(31-33-47(49)48-34-32-46(42-50(48)65)63(3,4)5)51-35-36-52(70-51)55-59-60(56(62-61(55)68-72-69-62)53-37-38-54(71-53)64(6,7)8)67-58(44-29-23-20-24-30-44)57(66-59)43-27-21-19-22-28-43/h19-24,27-36,41-42,48,50,53-54H,9-18,25-26,37-40H2,1-8H3. The smallest absolute Gasteiger partial charge is 0.116 e. The molecule has 0 amide bonds. The molecule has 3 aromatic heterocycles. The van der Waals surface area contributed by atoms with E-state index in [1.54, 1.807) is 11.1 Å². The predicted molar refractivity (Wildman–Crippen MR) is 314 cm³/mol. The summed E-state index contributed by atoms with van der Waals surface area (Å²) in [5.41, 5.74) is 16.5. The fraction of sp³-hybridized carbons (Fsp3) is 0.477. The molecule has 1 fully saturated rings. The third kappa shape index (κ3) is 10.2. The molecule has 1 saturated heterocycles. The Morgan fingerprint density at radius 2 is 1.19 bits per heavy atom. The molecule has 4 unspecified atom stereocenters. The van der Waals surface area contributed by atoms with Crippen molar-refractivity contribution in [1.29, 1.82) is 0 Å². The molecule has 0 saturated carbocycles. The third-order valence-electron chi connectivity index (χ3n) is 16.5. The van der Waals surface area contributed by atoms with Gasteiger partial charge in [0.1, 0.15) is 16.6 Å². The minimum Gasteiger partial charge on any atom is -0.243 e. The zero-order chi connectivity index (χ0) is 50.0. The van der Waals surface area contributed by atoms with Gasteiger partial charge in [-0.1, -0.05) is 223 Å². The summed E-state index contributed by atoms with van der Waals surface area (Å²) in [6, 6.07) is 33.7. The number of aromatic nitrogens is 4. The van der Waals surface area contributed by atoms with Crippen LogP contribution in [0.3, 0.4) is 0 Å². The van der Waals surface area contributed by atoms with E-state index in [1.165, 1.54) is 134 Å². The first-order chi connectivity index (χ1) is 34.9. The van der Waals surface area contributed by atoms with E-state index >= 15 is 0 Å². The molecular formula is C65H78N4S3. The Hall–Kier alpha value is -4.43. The number of allylic oxidation sites excluding steroid dienone is 4. The van der Waals surface area contributed by atoms with E-state index in [1.807, 2.05) is 11.3 Å². The van der Waals surface area contributed by atoms with Crippen LogP contribution in [0, 0.1) is 16.7 Å². The molecule has 10 rings (SSSR count). The number of thiophene rings is 1. The van der Waals surface area contributed by atoms with E-state index in [-0.39, 0.29) is 21.5 Å². The lowest BCUT2D eigenvalue weighted by atomic mass is 9.64. The Bertz CT molecular complexity index is 3020. The first-order valence-corrected chi connectivity index (χ1v) is 30.3. The molecule has 4 heterocycles. The zero-order valence-electron chi connectivity index (χ0n) is 44.5. The molecule has 4 aromatic carbocycles. The van der Waals surface area contributed by atoms with Crippen molar-refractivity contribution in [3.05, 3.63) is 131 Å². The van der Waals surface area contributed by atoms with Crippen molar-refractivity contribution in [2.75, 3.05) is 0 Å². The second-order valence-corrected chi connectivity index (χ2v) is 26.6. The maximum absolute atomic E-state index is 5.80. The largest absolute Gasteiger partial charge is 0.243 e. The second-order valence-electron chi connectivity index (χ2n) is 23.6. The molecule has 4 nitrogen and oxygen atoms in total. The van der Waals surface area contributed by atoms with E-state index in [4.69, 9.17) is 18.7 Å². The number of hydrogen-bond acceptors (Lipinski definition) is 7. The summed E-state index contributed by atoms with van der Waals surface area (Å²) in [4.78, 5) is 14.1. The van der Waals surface area contributed by atoms with Gasteiger partial charge in [0.15, 0.2) is 0 Å². The molecule has 1 aliphatic heterocycles. The van der Waals surface area contributed by atoms with Crippen molar-refractivity contribution in [3.63, 3.8) is 0 Å². The van der Waals surface area contributed by atoms with Crippen molar-refractivity contribution >= 4 is 56.9 Å². The van der Waals surface area contributed by atoms with Crippen LogP contribution in [0.15, 0.2) is 115 Å². The Balaban J connectivity index is 1.12. The summed E-state index contributed by atoms with van der Waals surface area (Å²) in [5.74, 6) is 0.904. The summed E-state index contributed by atoms with van der Waals surface area (Å²) < 4.78 is 10.4. The predicted octanol–water partition coefficient (Wildman–Crippen LogP) is 20.3. The summed E-state index contributed by atoms with van der Waals surface area (Å²) in [6.45, 7) is 19.0. The number of rotatable bonds is 19. The minimum absolute atomic E-state index is 0.113. The van der Waals surface area contributed by atoms with Crippen LogP contribution in [0.5, 0.6) is 0 Å². The van der Waals surface area contributed by atoms with E-state index < -0.39 is 0 Å². The molecule has 376 valence electrons. The average Bonchev–Trinajstić information content (AvgIpc) is 4.22. The van der Waals surface area contributed by atoms with E-state index in [9.17, 15) is 0 Å². The summed E-state index contributed by atoms with van der Waals surface area (Å²) in [7, 11) is 0. The van der Waals surface area contributed by atoms with Crippen molar-refractivity contribution in [1.82, 2.24) is 18.7 Å². The van der Waals surface area contributed by atoms with Gasteiger partial charge < -0.3 is 0 Å². The highest BCUT2D eigenvalue weighted by Crippen LogP contribution is 2.60. The SMILES string of the molecule is CCCCCCCCC1(CCCCCCCC)c2cc(-c3ccc(-c4c5nsnc5c(C5CCC(C(C)(C)C)S5)c5nc(-c6ccccc6)c(-c6ccccc6)nc45)s3)ccc2C2C=CC(C(C)(C)C)=CC21. The fourth-order valence-corrected chi connectivity index (χ4v) is 15.9. The first-order valence-electron chi connectivity index (χ1n) is 27.8. The van der Waals surface area contributed by atoms with Crippen LogP contribution < -0.4 is 0 Å². The van der Waals surface area contributed by atoms with Crippen molar-refractivity contribution < 1.29 is 0 Å². The van der Waals surface area contributed by atoms with Crippen LogP contribution in [0.2, 0.25) is 0 Å². The normalized spacial score (nSPS) is 19.6. The highest BCUT2D eigenvalue weighted by molar-refractivity contribution is 8.00. The van der Waals surface area contributed by atoms with Crippen LogP contribution in [0.4, 0.5) is 0 Å². The van der Waals surface area contributed by atoms with Gasteiger partial charge in [-0.15, -0.1) is 23.1 Å². The third-order valence-corrected chi connectivity index (χ3v) is 20.3. The number of nitrogens with zero attached hydrogens (tertiary/aromatic N) is 4. The van der Waals surface area contributed by atoms with Crippen molar-refractivity contribution in [3.8, 4) is 43.4 Å². The number of thioether (sulfide) groups is 1. The topological polar surface area (TPSA) is 51.6 Å². The first kappa shape index (κ1) is 51.1. The maximum atomic E-state index is 5.80. The van der Waals surface area contributed by atoms with Crippen LogP contribution in [0.1, 0.15) is 186 Å². The maximum Gasteiger partial charge on any atom is 0.116 e. The fourth-order valence-electron chi connectivity index (χ4n) is 12.6. The highest BCUT2D eigenvalue weighted by Gasteiger charge is 2.51. The molecule has 0 bridgehead atoms. The molecule has 0 N–H and O–H groups in total. The zero-order valence-corrected chi connectivity index (χ0v) is 47.0. The molecule has 72 heavy (non-hydrogen) atoms. The quantitative estimate of drug-likeness (QED) is 0.0756. The minimum atomic E-state index is 0.113. The van der Waals surface area contributed by atoms with E-state index in [2.05, 4.69) is 176 Å². The van der Waals surface area contributed by atoms with Gasteiger partial charge in [0.25, 0.3) is 0 Å². The second kappa shape index (κ2) is 21.8. The van der Waals surface area contributed by atoms with E-state index in [0.29, 0.717) is 17.1 Å². The van der Waals surface area contributed by atoms with Gasteiger partial charge in [0.2, 0.25) is 0 Å². The molecule has 3 aliphatic rings. The van der Waals surface area contributed by atoms with Gasteiger partial charge in [0, 0.05) is 53.8 Å². The molecular weight excluding hydrogens is 933 g/mol. The number of fused-ring (bicyclic) bond motifs is 5. The lowest BCUT2D eigenvalue weighted by Crippen LogP contribution is -2.33. The van der Waals surface area contributed by atoms with Crippen LogP contribution >= 0.6 is 34.8 Å². The molecule has 7 heteroatoms. The Morgan fingerprint density at radius 3 is 1.81 bits per heavy atom. The number of benzene rings is 4. The van der Waals surface area contributed by atoms with E-state index in [0.717, 1.165) is 56.6 Å². The van der Waals surface area contributed by atoms with Crippen LogP contribution in [-0.2, 0) is 5.41 Å². The van der Waals surface area contributed by atoms with Gasteiger partial charge in [-0.2, -0.15) is 8.75 Å². The highest BCUT2D eigenvalue weighted by atomic mass is 32.2. The van der Waals surface area contributed by atoms with Crippen LogP contribution in [0.25, 0.3) is 65.5 Å². The Kier molecular flexibility index (Phi) is 15.5. The van der Waals surface area contributed by atoms with Crippen LogP contribution in [-0.4, -0.2) is 24.0 Å². The molecule has 7 aromatic rings. The van der Waals surface area contributed by atoms with Gasteiger partial charge >= 0.3 is 0 Å². The van der Waals surface area contributed by atoms with Gasteiger partial charge in [-0.05, 0) is 82.9 Å². The van der Waals surface area contributed by atoms with Crippen molar-refractivity contribution in [2.24, 2.45) is 16.7 Å². The Labute approximate surface area is 444 Å². The lowest BCUT2D eigenvalue weighted by molar-refractivity contribution is 0.260. The summed E-state index contributed by atoms with van der Waals surface area (Å²) >= 11 is 5.33. The summed E-state index contributed by atoms with van der Waals surface area (Å²) in [6.07, 6.45) is 28.6. The lowest BCUT2D eigenvalue weighted by Gasteiger charge is -2.40. The number of unbranched alkanes of at least 4 members (excludes halogenated alkanes) is 10. The van der Waals surface area contributed by atoms with Gasteiger partial charge in [0.05, 0.1) is 28.6 Å².